The Kier molecular flexibility index (Phi) is 4.40. The second-order valence-corrected chi connectivity index (χ2v) is 6.48. The molecule has 0 aliphatic heterocycles. The zero-order chi connectivity index (χ0) is 17.3. The molecule has 2 aromatic carbocycles. The highest BCUT2D eigenvalue weighted by Crippen LogP contribution is 2.42. The highest BCUT2D eigenvalue weighted by Gasteiger charge is 2.37. The summed E-state index contributed by atoms with van der Waals surface area (Å²) in [5, 5.41) is 9.39. The van der Waals surface area contributed by atoms with Crippen LogP contribution >= 0.6 is 0 Å². The fourth-order valence-corrected chi connectivity index (χ4v) is 3.30. The molecule has 126 valence electrons. The van der Waals surface area contributed by atoms with Gasteiger partial charge in [-0.3, -0.25) is 0 Å². The van der Waals surface area contributed by atoms with Crippen LogP contribution in [-0.2, 0) is 6.18 Å². The quantitative estimate of drug-likeness (QED) is 0.707. The summed E-state index contributed by atoms with van der Waals surface area (Å²) in [6, 6.07) is 9.15. The predicted molar refractivity (Wildman–Crippen MR) is 85.7 cm³/mol. The number of ether oxygens (including phenoxy) is 1. The van der Waals surface area contributed by atoms with Crippen molar-refractivity contribution in [2.75, 3.05) is 0 Å². The van der Waals surface area contributed by atoms with Gasteiger partial charge in [0.25, 0.3) is 0 Å². The van der Waals surface area contributed by atoms with Crippen LogP contribution in [-0.4, -0.2) is 6.10 Å². The van der Waals surface area contributed by atoms with Gasteiger partial charge in [-0.1, -0.05) is 19.1 Å². The lowest BCUT2D eigenvalue weighted by molar-refractivity contribution is -0.138. The van der Waals surface area contributed by atoms with Crippen LogP contribution in [0.3, 0.4) is 0 Å². The molecule has 2 aromatic rings. The average Bonchev–Trinajstić information content (AvgIpc) is 2.55. The van der Waals surface area contributed by atoms with Crippen LogP contribution in [0.2, 0.25) is 0 Å². The minimum atomic E-state index is -4.51. The first-order valence-corrected chi connectivity index (χ1v) is 8.09. The van der Waals surface area contributed by atoms with E-state index in [1.165, 1.54) is 24.3 Å². The lowest BCUT2D eigenvalue weighted by Crippen LogP contribution is -2.24. The van der Waals surface area contributed by atoms with E-state index in [0.717, 1.165) is 25.7 Å². The van der Waals surface area contributed by atoms with Crippen molar-refractivity contribution in [3.05, 3.63) is 41.5 Å². The molecule has 1 fully saturated rings. The maximum absolute atomic E-state index is 13.6. The first kappa shape index (κ1) is 16.6. The van der Waals surface area contributed by atoms with Crippen molar-refractivity contribution in [2.45, 2.75) is 44.9 Å². The van der Waals surface area contributed by atoms with Crippen LogP contribution < -0.4 is 4.74 Å². The van der Waals surface area contributed by atoms with E-state index in [4.69, 9.17) is 10.00 Å². The molecule has 1 aliphatic carbocycles. The Morgan fingerprint density at radius 2 is 1.79 bits per heavy atom. The molecule has 0 N–H and O–H groups in total. The van der Waals surface area contributed by atoms with Gasteiger partial charge in [-0.05, 0) is 60.6 Å². The Morgan fingerprint density at radius 3 is 2.42 bits per heavy atom. The standard InChI is InChI=1S/C19H18F3NO/c1-12-2-6-15(7-3-12)24-17-9-5-14-10-13(11-23)4-8-16(14)18(17)19(20,21)22/h4-5,8-10,12,15H,2-3,6-7H2,1H3. The molecule has 0 saturated heterocycles. The van der Waals surface area contributed by atoms with Crippen molar-refractivity contribution in [1.82, 2.24) is 0 Å². The van der Waals surface area contributed by atoms with E-state index in [-0.39, 0.29) is 17.2 Å². The second kappa shape index (κ2) is 6.35. The number of halogens is 3. The Balaban J connectivity index is 2.02. The summed E-state index contributed by atoms with van der Waals surface area (Å²) in [5.41, 5.74) is -0.409. The summed E-state index contributed by atoms with van der Waals surface area (Å²) >= 11 is 0. The number of nitriles is 1. The Morgan fingerprint density at radius 1 is 1.08 bits per heavy atom. The van der Waals surface area contributed by atoms with E-state index in [9.17, 15) is 13.2 Å². The molecule has 0 spiro atoms. The molecular formula is C19H18F3NO. The summed E-state index contributed by atoms with van der Waals surface area (Å²) in [4.78, 5) is 0. The first-order chi connectivity index (χ1) is 11.4. The third-order valence-electron chi connectivity index (χ3n) is 4.65. The first-order valence-electron chi connectivity index (χ1n) is 8.09. The van der Waals surface area contributed by atoms with Crippen LogP contribution in [0.5, 0.6) is 5.75 Å². The van der Waals surface area contributed by atoms with Crippen molar-refractivity contribution < 1.29 is 17.9 Å². The lowest BCUT2D eigenvalue weighted by Gasteiger charge is -2.28. The fourth-order valence-electron chi connectivity index (χ4n) is 3.30. The van der Waals surface area contributed by atoms with Gasteiger partial charge in [0.2, 0.25) is 0 Å². The van der Waals surface area contributed by atoms with Crippen LogP contribution in [0.4, 0.5) is 13.2 Å². The largest absolute Gasteiger partial charge is 0.490 e. The number of hydrogen-bond acceptors (Lipinski definition) is 2. The third kappa shape index (κ3) is 3.33. The maximum Gasteiger partial charge on any atom is 0.420 e. The molecule has 0 amide bonds. The number of benzene rings is 2. The number of fused-ring (bicyclic) bond motifs is 1. The van der Waals surface area contributed by atoms with E-state index in [1.54, 1.807) is 6.07 Å². The van der Waals surface area contributed by atoms with Gasteiger partial charge in [0.15, 0.2) is 0 Å². The van der Waals surface area contributed by atoms with Crippen LogP contribution in [0, 0.1) is 17.2 Å². The van der Waals surface area contributed by atoms with E-state index in [2.05, 4.69) is 6.92 Å². The highest BCUT2D eigenvalue weighted by molar-refractivity contribution is 5.89. The molecular weight excluding hydrogens is 315 g/mol. The van der Waals surface area contributed by atoms with Crippen molar-refractivity contribution in [2.24, 2.45) is 5.92 Å². The molecule has 5 heteroatoms. The Labute approximate surface area is 138 Å². The molecule has 3 rings (SSSR count). The minimum Gasteiger partial charge on any atom is -0.490 e. The maximum atomic E-state index is 13.6. The minimum absolute atomic E-state index is 0.0724. The predicted octanol–water partition coefficient (Wildman–Crippen LogP) is 5.69. The molecule has 24 heavy (non-hydrogen) atoms. The molecule has 0 bridgehead atoms. The van der Waals surface area contributed by atoms with Gasteiger partial charge in [-0.2, -0.15) is 18.4 Å². The molecule has 0 heterocycles. The molecule has 2 nitrogen and oxygen atoms in total. The van der Waals surface area contributed by atoms with Crippen LogP contribution in [0.1, 0.15) is 43.7 Å². The number of nitrogens with zero attached hydrogens (tertiary/aromatic N) is 1. The molecule has 0 unspecified atom stereocenters. The number of hydrogen-bond donors (Lipinski definition) is 0. The summed E-state index contributed by atoms with van der Waals surface area (Å²) in [5.74, 6) is 0.493. The molecule has 0 radical (unpaired) electrons. The molecule has 1 saturated carbocycles. The van der Waals surface area contributed by atoms with Crippen molar-refractivity contribution >= 4 is 10.8 Å². The third-order valence-corrected chi connectivity index (χ3v) is 4.65. The number of alkyl halides is 3. The fraction of sp³-hybridized carbons (Fsp3) is 0.421. The van der Waals surface area contributed by atoms with Gasteiger partial charge in [0.05, 0.1) is 17.7 Å². The lowest BCUT2D eigenvalue weighted by atomic mass is 9.89. The van der Waals surface area contributed by atoms with Gasteiger partial charge < -0.3 is 4.74 Å². The van der Waals surface area contributed by atoms with E-state index < -0.39 is 11.7 Å². The summed E-state index contributed by atoms with van der Waals surface area (Å²) in [6.07, 6.45) is -1.16. The van der Waals surface area contributed by atoms with Gasteiger partial charge in [-0.25, -0.2) is 0 Å². The zero-order valence-electron chi connectivity index (χ0n) is 13.4. The summed E-state index contributed by atoms with van der Waals surface area (Å²) in [6.45, 7) is 2.15. The Bertz CT molecular complexity index is 784. The highest BCUT2D eigenvalue weighted by atomic mass is 19.4. The normalized spacial score (nSPS) is 21.5. The van der Waals surface area contributed by atoms with Crippen molar-refractivity contribution in [1.29, 1.82) is 5.26 Å². The van der Waals surface area contributed by atoms with E-state index >= 15 is 0 Å². The van der Waals surface area contributed by atoms with Crippen molar-refractivity contribution in [3.63, 3.8) is 0 Å². The van der Waals surface area contributed by atoms with Gasteiger partial charge >= 0.3 is 6.18 Å². The average molecular weight is 333 g/mol. The van der Waals surface area contributed by atoms with Gasteiger partial charge in [0.1, 0.15) is 11.3 Å². The summed E-state index contributed by atoms with van der Waals surface area (Å²) < 4.78 is 46.6. The molecule has 1 aliphatic rings. The SMILES string of the molecule is CC1CCC(Oc2ccc3cc(C#N)ccc3c2C(F)(F)F)CC1. The topological polar surface area (TPSA) is 33.0 Å². The Hall–Kier alpha value is -2.22. The smallest absolute Gasteiger partial charge is 0.420 e. The monoisotopic (exact) mass is 333 g/mol. The van der Waals surface area contributed by atoms with Crippen molar-refractivity contribution in [3.8, 4) is 11.8 Å². The summed E-state index contributed by atoms with van der Waals surface area (Å²) in [7, 11) is 0. The van der Waals surface area contributed by atoms with E-state index in [1.807, 2.05) is 6.07 Å². The molecule has 0 atom stereocenters. The second-order valence-electron chi connectivity index (χ2n) is 6.48. The molecule has 0 aromatic heterocycles. The van der Waals surface area contributed by atoms with Gasteiger partial charge in [-0.15, -0.1) is 0 Å². The zero-order valence-corrected chi connectivity index (χ0v) is 13.4. The van der Waals surface area contributed by atoms with E-state index in [0.29, 0.717) is 16.9 Å². The van der Waals surface area contributed by atoms with Crippen LogP contribution in [0.25, 0.3) is 10.8 Å². The number of rotatable bonds is 2. The van der Waals surface area contributed by atoms with Gasteiger partial charge in [0, 0.05) is 0 Å². The van der Waals surface area contributed by atoms with Crippen LogP contribution in [0.15, 0.2) is 30.3 Å².